The Hall–Kier alpha value is -1.99. The van der Waals surface area contributed by atoms with Crippen LogP contribution >= 0.6 is 11.3 Å². The zero-order valence-corrected chi connectivity index (χ0v) is 11.4. The maximum Gasteiger partial charge on any atom is 0.305 e. The molecule has 1 aromatic heterocycles. The van der Waals surface area contributed by atoms with E-state index in [0.717, 1.165) is 27.5 Å². The molecule has 1 aromatic carbocycles. The Morgan fingerprint density at radius 1 is 1.32 bits per heavy atom. The molecule has 0 unspecified atom stereocenters. The number of benzene rings is 1. The van der Waals surface area contributed by atoms with E-state index < -0.39 is 4.92 Å². The van der Waals surface area contributed by atoms with E-state index in [1.165, 1.54) is 12.1 Å². The first-order valence-corrected chi connectivity index (χ1v) is 6.40. The van der Waals surface area contributed by atoms with Gasteiger partial charge in [-0.15, -0.1) is 0 Å². The molecule has 0 aliphatic rings. The molecule has 100 valence electrons. The molecule has 0 saturated carbocycles. The first kappa shape index (κ1) is 13.4. The highest BCUT2D eigenvalue weighted by Crippen LogP contribution is 2.25. The average molecular weight is 279 g/mol. The van der Waals surface area contributed by atoms with Crippen LogP contribution in [0.5, 0.6) is 0 Å². The molecule has 0 spiro atoms. The lowest BCUT2D eigenvalue weighted by Gasteiger charge is -2.09. The molecule has 0 radical (unpaired) electrons. The Bertz CT molecular complexity index is 643. The van der Waals surface area contributed by atoms with Gasteiger partial charge in [0, 0.05) is 23.6 Å². The number of aromatic amines is 1. The molecule has 0 aliphatic heterocycles. The molecule has 0 bridgehead atoms. The van der Waals surface area contributed by atoms with Crippen molar-refractivity contribution in [2.24, 2.45) is 0 Å². The first-order valence-electron chi connectivity index (χ1n) is 5.59. The van der Waals surface area contributed by atoms with Crippen molar-refractivity contribution < 1.29 is 4.92 Å². The maximum atomic E-state index is 11.5. The molecule has 7 heteroatoms. The van der Waals surface area contributed by atoms with Gasteiger partial charge in [0.05, 0.1) is 10.6 Å². The average Bonchev–Trinajstić information content (AvgIpc) is 2.69. The number of hydrogen-bond donors (Lipinski definition) is 1. The molecule has 0 saturated heterocycles. The van der Waals surface area contributed by atoms with E-state index in [-0.39, 0.29) is 10.6 Å². The van der Waals surface area contributed by atoms with E-state index in [4.69, 9.17) is 0 Å². The number of rotatable bonds is 4. The quantitative estimate of drug-likeness (QED) is 0.686. The van der Waals surface area contributed by atoms with E-state index >= 15 is 0 Å². The Morgan fingerprint density at radius 2 is 1.95 bits per heavy atom. The van der Waals surface area contributed by atoms with Crippen molar-refractivity contribution in [3.8, 4) is 11.3 Å². The Kier molecular flexibility index (Phi) is 3.77. The van der Waals surface area contributed by atoms with Gasteiger partial charge in [0.2, 0.25) is 0 Å². The summed E-state index contributed by atoms with van der Waals surface area (Å²) in [5.74, 6) is 0. The van der Waals surface area contributed by atoms with Crippen molar-refractivity contribution in [1.29, 1.82) is 0 Å². The molecular weight excluding hydrogens is 266 g/mol. The number of non-ortho nitro benzene ring substituents is 1. The third-order valence-electron chi connectivity index (χ3n) is 2.55. The molecule has 0 atom stereocenters. The van der Waals surface area contributed by atoms with Crippen LogP contribution in [0.4, 0.5) is 5.69 Å². The van der Waals surface area contributed by atoms with Gasteiger partial charge in [0.15, 0.2) is 0 Å². The number of nitro benzene ring substituents is 1. The smallest absolute Gasteiger partial charge is 0.305 e. The van der Waals surface area contributed by atoms with Crippen LogP contribution in [0.1, 0.15) is 4.88 Å². The lowest BCUT2D eigenvalue weighted by molar-refractivity contribution is -0.384. The number of aromatic nitrogens is 1. The summed E-state index contributed by atoms with van der Waals surface area (Å²) in [5, 5.41) is 10.6. The Balaban J connectivity index is 2.40. The minimum Gasteiger partial charge on any atom is -0.312 e. The number of nitrogens with one attached hydrogen (secondary N) is 1. The SMILES string of the molecule is CN(C)Cc1sc(=O)[nH]c1-c1ccc([N+](=O)[O-])cc1. The zero-order chi connectivity index (χ0) is 14.0. The van der Waals surface area contributed by atoms with Crippen LogP contribution in [-0.2, 0) is 6.54 Å². The molecule has 19 heavy (non-hydrogen) atoms. The topological polar surface area (TPSA) is 79.2 Å². The normalized spacial score (nSPS) is 10.9. The predicted molar refractivity (Wildman–Crippen MR) is 74.4 cm³/mol. The molecule has 0 aliphatic carbocycles. The fraction of sp³-hybridized carbons (Fsp3) is 0.250. The van der Waals surface area contributed by atoms with Crippen molar-refractivity contribution in [3.63, 3.8) is 0 Å². The van der Waals surface area contributed by atoms with E-state index in [2.05, 4.69) is 4.98 Å². The second-order valence-corrected chi connectivity index (χ2v) is 5.42. The lowest BCUT2D eigenvalue weighted by Crippen LogP contribution is -2.10. The standard InChI is InChI=1S/C12H13N3O3S/c1-14(2)7-10-11(13-12(16)19-10)8-3-5-9(6-4-8)15(17)18/h3-6H,7H2,1-2H3,(H,13,16). The van der Waals surface area contributed by atoms with Crippen LogP contribution in [0.3, 0.4) is 0 Å². The van der Waals surface area contributed by atoms with Gasteiger partial charge in [-0.05, 0) is 31.8 Å². The monoisotopic (exact) mass is 279 g/mol. The predicted octanol–water partition coefficient (Wildman–Crippen LogP) is 2.07. The van der Waals surface area contributed by atoms with Crippen LogP contribution in [0, 0.1) is 10.1 Å². The highest BCUT2D eigenvalue weighted by molar-refractivity contribution is 7.09. The van der Waals surface area contributed by atoms with Gasteiger partial charge in [-0.3, -0.25) is 14.9 Å². The summed E-state index contributed by atoms with van der Waals surface area (Å²) in [5.41, 5.74) is 1.55. The molecule has 2 rings (SSSR count). The van der Waals surface area contributed by atoms with E-state index in [0.29, 0.717) is 6.54 Å². The summed E-state index contributed by atoms with van der Waals surface area (Å²) < 4.78 is 0. The molecule has 0 fully saturated rings. The van der Waals surface area contributed by atoms with Crippen LogP contribution in [0.2, 0.25) is 0 Å². The maximum absolute atomic E-state index is 11.5. The van der Waals surface area contributed by atoms with Gasteiger partial charge in [-0.25, -0.2) is 0 Å². The number of nitrogens with zero attached hydrogens (tertiary/aromatic N) is 2. The van der Waals surface area contributed by atoms with Gasteiger partial charge in [0.25, 0.3) is 5.69 Å². The van der Waals surface area contributed by atoms with Crippen LogP contribution in [-0.4, -0.2) is 28.9 Å². The second kappa shape index (κ2) is 5.33. The Morgan fingerprint density at radius 3 is 2.47 bits per heavy atom. The van der Waals surface area contributed by atoms with Crippen molar-refractivity contribution in [2.75, 3.05) is 14.1 Å². The second-order valence-electron chi connectivity index (χ2n) is 4.35. The lowest BCUT2D eigenvalue weighted by atomic mass is 10.1. The molecule has 6 nitrogen and oxygen atoms in total. The van der Waals surface area contributed by atoms with Gasteiger partial charge >= 0.3 is 4.87 Å². The van der Waals surface area contributed by atoms with Crippen LogP contribution in [0.15, 0.2) is 29.1 Å². The number of H-pyrrole nitrogens is 1. The van der Waals surface area contributed by atoms with Crippen molar-refractivity contribution in [2.45, 2.75) is 6.54 Å². The highest BCUT2D eigenvalue weighted by Gasteiger charge is 2.12. The van der Waals surface area contributed by atoms with Gasteiger partial charge in [-0.1, -0.05) is 11.3 Å². The van der Waals surface area contributed by atoms with Gasteiger partial charge in [0.1, 0.15) is 0 Å². The minimum absolute atomic E-state index is 0.0375. The van der Waals surface area contributed by atoms with Crippen LogP contribution < -0.4 is 4.87 Å². The summed E-state index contributed by atoms with van der Waals surface area (Å²) in [4.78, 5) is 27.2. The molecule has 1 heterocycles. The van der Waals surface area contributed by atoms with Crippen molar-refractivity contribution in [1.82, 2.24) is 9.88 Å². The molecular formula is C12H13N3O3S. The molecule has 0 amide bonds. The largest absolute Gasteiger partial charge is 0.312 e. The highest BCUT2D eigenvalue weighted by atomic mass is 32.1. The summed E-state index contributed by atoms with van der Waals surface area (Å²) in [6, 6.07) is 6.17. The first-order chi connectivity index (χ1) is 8.97. The van der Waals surface area contributed by atoms with E-state index in [1.807, 2.05) is 19.0 Å². The third kappa shape index (κ3) is 3.07. The zero-order valence-electron chi connectivity index (χ0n) is 10.5. The summed E-state index contributed by atoms with van der Waals surface area (Å²) in [6.45, 7) is 0.649. The number of hydrogen-bond acceptors (Lipinski definition) is 5. The molecule has 2 aromatic rings. The van der Waals surface area contributed by atoms with Crippen molar-refractivity contribution in [3.05, 3.63) is 48.9 Å². The summed E-state index contributed by atoms with van der Waals surface area (Å²) in [7, 11) is 3.84. The van der Waals surface area contributed by atoms with Gasteiger partial charge < -0.3 is 9.88 Å². The number of thiazole rings is 1. The van der Waals surface area contributed by atoms with E-state index in [1.54, 1.807) is 12.1 Å². The molecule has 1 N–H and O–H groups in total. The Labute approximate surface area is 113 Å². The third-order valence-corrected chi connectivity index (χ3v) is 3.42. The fourth-order valence-electron chi connectivity index (χ4n) is 1.74. The summed E-state index contributed by atoms with van der Waals surface area (Å²) >= 11 is 1.16. The van der Waals surface area contributed by atoms with Crippen LogP contribution in [0.25, 0.3) is 11.3 Å². The van der Waals surface area contributed by atoms with Gasteiger partial charge in [-0.2, -0.15) is 0 Å². The van der Waals surface area contributed by atoms with Crippen molar-refractivity contribution >= 4 is 17.0 Å². The fourth-order valence-corrected chi connectivity index (χ4v) is 2.71. The van der Waals surface area contributed by atoms with E-state index in [9.17, 15) is 14.9 Å². The summed E-state index contributed by atoms with van der Waals surface area (Å²) in [6.07, 6.45) is 0. The number of nitro groups is 1. The minimum atomic E-state index is -0.444.